The van der Waals surface area contributed by atoms with Crippen LogP contribution in [-0.4, -0.2) is 67.2 Å². The number of aromatic nitrogens is 2. The molecule has 9 unspecified atom stereocenters. The Kier molecular flexibility index (Phi) is 12.4. The number of anilines is 1. The topological polar surface area (TPSA) is 44.7 Å². The number of ether oxygens (including phenoxy) is 1. The molecule has 4 saturated carbocycles. The molecule has 2 aromatic heterocycles. The minimum absolute atomic E-state index is 0.331. The highest BCUT2D eigenvalue weighted by molar-refractivity contribution is 5.44. The van der Waals surface area contributed by atoms with Crippen molar-refractivity contribution in [3.63, 3.8) is 0 Å². The number of likely N-dealkylation sites (N-methyl/N-ethyl adjacent to an activating group) is 2. The monoisotopic (exact) mass is 700 g/mol. The molecule has 2 heterocycles. The van der Waals surface area contributed by atoms with E-state index in [2.05, 4.69) is 107 Å². The Labute approximate surface area is 312 Å². The lowest BCUT2D eigenvalue weighted by molar-refractivity contribution is -0.126. The average molecular weight is 700 g/mol. The van der Waals surface area contributed by atoms with Gasteiger partial charge in [0.15, 0.2) is 0 Å². The van der Waals surface area contributed by atoms with Crippen molar-refractivity contribution in [3.05, 3.63) is 48.0 Å². The second-order valence-corrected chi connectivity index (χ2v) is 19.1. The normalized spacial score (nSPS) is 32.5. The van der Waals surface area contributed by atoms with Crippen molar-refractivity contribution in [2.24, 2.45) is 52.3 Å². The molecular weight excluding hydrogens is 627 g/mol. The molecule has 2 aromatic rings. The second kappa shape index (κ2) is 16.5. The minimum atomic E-state index is 0.331. The summed E-state index contributed by atoms with van der Waals surface area (Å²) in [6.07, 6.45) is 21.1. The van der Waals surface area contributed by atoms with Crippen LogP contribution in [0.1, 0.15) is 123 Å². The molecule has 51 heavy (non-hydrogen) atoms. The summed E-state index contributed by atoms with van der Waals surface area (Å²) in [4.78, 5) is 16.2. The van der Waals surface area contributed by atoms with E-state index < -0.39 is 0 Å². The lowest BCUT2D eigenvalue weighted by Crippen LogP contribution is -2.54. The summed E-state index contributed by atoms with van der Waals surface area (Å²) in [5, 5.41) is 0. The molecule has 0 aliphatic heterocycles. The molecule has 0 saturated heterocycles. The van der Waals surface area contributed by atoms with Crippen LogP contribution in [0.15, 0.2) is 36.7 Å². The molecule has 0 amide bonds. The number of fused-ring (bicyclic) bond motifs is 5. The first-order chi connectivity index (χ1) is 24.4. The Morgan fingerprint density at radius 2 is 1.43 bits per heavy atom. The summed E-state index contributed by atoms with van der Waals surface area (Å²) in [7, 11) is 8.52. The molecule has 284 valence electrons. The predicted molar refractivity (Wildman–Crippen MR) is 213 cm³/mol. The molecule has 4 aliphatic carbocycles. The van der Waals surface area contributed by atoms with E-state index in [4.69, 9.17) is 9.72 Å². The van der Waals surface area contributed by atoms with Gasteiger partial charge in [-0.2, -0.15) is 0 Å². The number of pyridine rings is 2. The van der Waals surface area contributed by atoms with Gasteiger partial charge in [-0.25, -0.2) is 0 Å². The Morgan fingerprint density at radius 3 is 2.14 bits per heavy atom. The van der Waals surface area contributed by atoms with Crippen LogP contribution in [0.5, 0.6) is 5.75 Å². The zero-order valence-corrected chi connectivity index (χ0v) is 34.0. The van der Waals surface area contributed by atoms with E-state index in [1.165, 1.54) is 82.7 Å². The number of nitrogens with zero attached hydrogens (tertiary/aromatic N) is 5. The first-order valence-electron chi connectivity index (χ1n) is 21.0. The van der Waals surface area contributed by atoms with Gasteiger partial charge >= 0.3 is 0 Å². The third-order valence-electron chi connectivity index (χ3n) is 15.0. The van der Waals surface area contributed by atoms with Gasteiger partial charge in [0.1, 0.15) is 5.75 Å². The van der Waals surface area contributed by atoms with Crippen molar-refractivity contribution in [2.45, 2.75) is 131 Å². The molecule has 0 N–H and O–H groups in total. The van der Waals surface area contributed by atoms with E-state index in [-0.39, 0.29) is 0 Å². The highest BCUT2D eigenvalue weighted by atomic mass is 16.5. The van der Waals surface area contributed by atoms with Crippen molar-refractivity contribution in [2.75, 3.05) is 46.2 Å². The van der Waals surface area contributed by atoms with E-state index in [9.17, 15) is 0 Å². The lowest BCUT2D eigenvalue weighted by atomic mass is 9.44. The van der Waals surface area contributed by atoms with Gasteiger partial charge in [0.25, 0.3) is 0 Å². The molecule has 6 nitrogen and oxygen atoms in total. The molecule has 6 heteroatoms. The molecule has 4 aliphatic rings. The van der Waals surface area contributed by atoms with Crippen LogP contribution in [0.25, 0.3) is 0 Å². The summed E-state index contributed by atoms with van der Waals surface area (Å²) in [5.41, 5.74) is 4.47. The quantitative estimate of drug-likeness (QED) is 0.184. The van der Waals surface area contributed by atoms with Crippen molar-refractivity contribution < 1.29 is 4.74 Å². The summed E-state index contributed by atoms with van der Waals surface area (Å²) in [6.45, 7) is 16.5. The summed E-state index contributed by atoms with van der Waals surface area (Å²) in [5.74, 6) is 7.34. The average Bonchev–Trinajstić information content (AvgIpc) is 3.45. The van der Waals surface area contributed by atoms with E-state index in [0.29, 0.717) is 16.9 Å². The maximum absolute atomic E-state index is 6.79. The predicted octanol–water partition coefficient (Wildman–Crippen LogP) is 9.98. The van der Waals surface area contributed by atoms with Crippen LogP contribution in [0, 0.1) is 52.3 Å². The van der Waals surface area contributed by atoms with Gasteiger partial charge in [-0.15, -0.1) is 0 Å². The van der Waals surface area contributed by atoms with Crippen LogP contribution in [0.4, 0.5) is 5.69 Å². The minimum Gasteiger partial charge on any atom is -0.490 e. The standard InChI is InChI=1S/C45H73N5O/c1-32(2)11-10-12-33(3)41-15-16-42-40-14-13-34-27-38(17-21-44(34,4)43(40)18-22-45(41,42)5)51-39-20-24-47-36(29-39)31-50(9)26-25-49(8)30-35-28-37(48(6)7)19-23-46-35/h19-20,23-24,28-29,32-34,38,40-43H,10-18,21-22,25-27,30-31H2,1-9H3. The van der Waals surface area contributed by atoms with Crippen molar-refractivity contribution in [1.29, 1.82) is 0 Å². The number of rotatable bonds is 15. The fraction of sp³-hybridized carbons (Fsp3) is 0.778. The van der Waals surface area contributed by atoms with Crippen LogP contribution < -0.4 is 9.64 Å². The molecule has 0 spiro atoms. The zero-order valence-electron chi connectivity index (χ0n) is 34.0. The van der Waals surface area contributed by atoms with E-state index in [0.717, 1.165) is 84.7 Å². The van der Waals surface area contributed by atoms with Gasteiger partial charge in [0.05, 0.1) is 17.5 Å². The molecule has 9 atom stereocenters. The highest BCUT2D eigenvalue weighted by Crippen LogP contribution is 2.68. The molecular formula is C45H73N5O. The maximum atomic E-state index is 6.79. The molecule has 0 bridgehead atoms. The second-order valence-electron chi connectivity index (χ2n) is 19.1. The van der Waals surface area contributed by atoms with Gasteiger partial charge in [0, 0.05) is 64.4 Å². The van der Waals surface area contributed by atoms with Crippen molar-refractivity contribution >= 4 is 5.69 Å². The zero-order chi connectivity index (χ0) is 36.3. The third-order valence-corrected chi connectivity index (χ3v) is 15.0. The van der Waals surface area contributed by atoms with Gasteiger partial charge in [-0.1, -0.05) is 53.9 Å². The van der Waals surface area contributed by atoms with Crippen LogP contribution in [0.3, 0.4) is 0 Å². The Morgan fingerprint density at radius 1 is 0.765 bits per heavy atom. The van der Waals surface area contributed by atoms with E-state index in [1.807, 2.05) is 12.4 Å². The largest absolute Gasteiger partial charge is 0.490 e. The first-order valence-corrected chi connectivity index (χ1v) is 21.0. The molecule has 0 aromatic carbocycles. The molecule has 6 rings (SSSR count). The van der Waals surface area contributed by atoms with Crippen LogP contribution in [-0.2, 0) is 13.1 Å². The smallest absolute Gasteiger partial charge is 0.123 e. The van der Waals surface area contributed by atoms with Gasteiger partial charge in [0.2, 0.25) is 0 Å². The van der Waals surface area contributed by atoms with Crippen LogP contribution in [0.2, 0.25) is 0 Å². The first kappa shape index (κ1) is 38.5. The molecule has 4 fully saturated rings. The van der Waals surface area contributed by atoms with Crippen molar-refractivity contribution in [3.8, 4) is 5.75 Å². The van der Waals surface area contributed by atoms with Crippen LogP contribution >= 0.6 is 0 Å². The van der Waals surface area contributed by atoms with Gasteiger partial charge < -0.3 is 9.64 Å². The highest BCUT2D eigenvalue weighted by Gasteiger charge is 2.60. The van der Waals surface area contributed by atoms with Gasteiger partial charge in [-0.3, -0.25) is 19.8 Å². The number of hydrogen-bond donors (Lipinski definition) is 0. The fourth-order valence-electron chi connectivity index (χ4n) is 12.0. The lowest BCUT2D eigenvalue weighted by Gasteiger charge is -2.61. The number of hydrogen-bond acceptors (Lipinski definition) is 6. The Bertz CT molecular complexity index is 1410. The van der Waals surface area contributed by atoms with Gasteiger partial charge in [-0.05, 0) is 142 Å². The summed E-state index contributed by atoms with van der Waals surface area (Å²) in [6, 6.07) is 8.52. The SMILES string of the molecule is CC(C)CCCC(C)C1CCC2C3CCC4CC(Oc5ccnc(CN(C)CCN(C)Cc6cc(N(C)C)ccn6)c5)CCC4(C)C3CCC12C. The third kappa shape index (κ3) is 8.80. The van der Waals surface area contributed by atoms with E-state index >= 15 is 0 Å². The Balaban J connectivity index is 0.982. The molecule has 0 radical (unpaired) electrons. The van der Waals surface area contributed by atoms with Crippen molar-refractivity contribution in [1.82, 2.24) is 19.8 Å². The maximum Gasteiger partial charge on any atom is 0.123 e. The van der Waals surface area contributed by atoms with E-state index in [1.54, 1.807) is 0 Å². The summed E-state index contributed by atoms with van der Waals surface area (Å²) < 4.78 is 6.79. The fourth-order valence-corrected chi connectivity index (χ4v) is 12.0. The summed E-state index contributed by atoms with van der Waals surface area (Å²) >= 11 is 0. The Hall–Kier alpha value is -2.18.